The van der Waals surface area contributed by atoms with Gasteiger partial charge in [0.05, 0.1) is 5.69 Å². The molecule has 0 bridgehead atoms. The Bertz CT molecular complexity index is 641. The van der Waals surface area contributed by atoms with Crippen molar-refractivity contribution in [1.82, 2.24) is 4.90 Å². The molecule has 1 aliphatic rings. The second kappa shape index (κ2) is 7.05. The third-order valence-electron chi connectivity index (χ3n) is 3.59. The molecular weight excluding hydrogens is 351 g/mol. The lowest BCUT2D eigenvalue weighted by atomic mass is 9.90. The Morgan fingerprint density at radius 3 is 2.41 bits per heavy atom. The first-order valence-corrected chi connectivity index (χ1v) is 7.89. The van der Waals surface area contributed by atoms with Gasteiger partial charge in [0.1, 0.15) is 5.82 Å². The fraction of sp³-hybridized carbons (Fsp3) is 0.375. The zero-order valence-corrected chi connectivity index (χ0v) is 14.2. The minimum atomic E-state index is -0.514. The predicted molar refractivity (Wildman–Crippen MR) is 86.9 cm³/mol. The average Bonchev–Trinajstić information content (AvgIpc) is 2.49. The third kappa shape index (κ3) is 3.74. The van der Waals surface area contributed by atoms with E-state index >= 15 is 0 Å². The van der Waals surface area contributed by atoms with Gasteiger partial charge in [-0.15, -0.1) is 0 Å². The summed E-state index contributed by atoms with van der Waals surface area (Å²) in [7, 11) is 3.32. The van der Waals surface area contributed by atoms with E-state index in [9.17, 15) is 14.0 Å². The molecular formula is C16H18BrFN2O2. The number of carbonyl (C=O) groups excluding carboxylic acids is 2. The SMILES string of the molecule is CN(C)C(=O)C1=C(C(=O)Nc2ccc(Br)cc2F)CCCC1. The van der Waals surface area contributed by atoms with Crippen molar-refractivity contribution in [3.05, 3.63) is 39.6 Å². The Balaban J connectivity index is 2.27. The quantitative estimate of drug-likeness (QED) is 0.887. The van der Waals surface area contributed by atoms with Crippen LogP contribution in [-0.2, 0) is 9.59 Å². The Morgan fingerprint density at radius 2 is 1.82 bits per heavy atom. The van der Waals surface area contributed by atoms with Gasteiger partial charge in [-0.3, -0.25) is 9.59 Å². The van der Waals surface area contributed by atoms with Crippen molar-refractivity contribution in [3.63, 3.8) is 0 Å². The lowest BCUT2D eigenvalue weighted by Gasteiger charge is -2.22. The molecule has 0 saturated heterocycles. The molecule has 0 fully saturated rings. The maximum Gasteiger partial charge on any atom is 0.252 e. The molecule has 0 spiro atoms. The van der Waals surface area contributed by atoms with Crippen LogP contribution in [0.4, 0.5) is 10.1 Å². The van der Waals surface area contributed by atoms with Crippen LogP contribution in [0.2, 0.25) is 0 Å². The van der Waals surface area contributed by atoms with Crippen molar-refractivity contribution in [2.24, 2.45) is 0 Å². The highest BCUT2D eigenvalue weighted by Crippen LogP contribution is 2.28. The highest BCUT2D eigenvalue weighted by molar-refractivity contribution is 9.10. The van der Waals surface area contributed by atoms with Gasteiger partial charge in [-0.1, -0.05) is 15.9 Å². The molecule has 118 valence electrons. The molecule has 2 amide bonds. The van der Waals surface area contributed by atoms with Crippen molar-refractivity contribution >= 4 is 33.4 Å². The molecule has 1 aliphatic carbocycles. The summed E-state index contributed by atoms with van der Waals surface area (Å²) >= 11 is 3.17. The molecule has 1 aromatic carbocycles. The van der Waals surface area contributed by atoms with Gasteiger partial charge in [0.2, 0.25) is 5.91 Å². The van der Waals surface area contributed by atoms with Crippen LogP contribution in [0.1, 0.15) is 25.7 Å². The number of nitrogens with one attached hydrogen (secondary N) is 1. The van der Waals surface area contributed by atoms with Gasteiger partial charge < -0.3 is 10.2 Å². The molecule has 6 heteroatoms. The molecule has 0 atom stereocenters. The molecule has 22 heavy (non-hydrogen) atoms. The summed E-state index contributed by atoms with van der Waals surface area (Å²) in [6.45, 7) is 0. The number of rotatable bonds is 3. The Kier molecular flexibility index (Phi) is 5.34. The molecule has 0 unspecified atom stereocenters. The molecule has 0 aromatic heterocycles. The number of carbonyl (C=O) groups is 2. The van der Waals surface area contributed by atoms with Crippen molar-refractivity contribution in [1.29, 1.82) is 0 Å². The van der Waals surface area contributed by atoms with Crippen molar-refractivity contribution in [2.75, 3.05) is 19.4 Å². The lowest BCUT2D eigenvalue weighted by molar-refractivity contribution is -0.125. The summed E-state index contributed by atoms with van der Waals surface area (Å²) in [6, 6.07) is 4.44. The van der Waals surface area contributed by atoms with Gasteiger partial charge in [-0.2, -0.15) is 0 Å². The number of amides is 2. The predicted octanol–water partition coefficient (Wildman–Crippen LogP) is 3.49. The van der Waals surface area contributed by atoms with Crippen LogP contribution in [0.5, 0.6) is 0 Å². The molecule has 4 nitrogen and oxygen atoms in total. The second-order valence-corrected chi connectivity index (χ2v) is 6.36. The van der Waals surface area contributed by atoms with E-state index in [0.717, 1.165) is 12.8 Å². The van der Waals surface area contributed by atoms with E-state index in [-0.39, 0.29) is 11.6 Å². The summed E-state index contributed by atoms with van der Waals surface area (Å²) in [4.78, 5) is 26.1. The van der Waals surface area contributed by atoms with Gasteiger partial charge in [0.15, 0.2) is 0 Å². The van der Waals surface area contributed by atoms with E-state index in [1.165, 1.54) is 17.0 Å². The Hall–Kier alpha value is -1.69. The van der Waals surface area contributed by atoms with Gasteiger partial charge in [0.25, 0.3) is 5.91 Å². The molecule has 0 aliphatic heterocycles. The number of benzene rings is 1. The van der Waals surface area contributed by atoms with E-state index in [2.05, 4.69) is 21.2 Å². The molecule has 1 N–H and O–H groups in total. The molecule has 1 aromatic rings. The maximum absolute atomic E-state index is 13.8. The molecule has 0 radical (unpaired) electrons. The van der Waals surface area contributed by atoms with E-state index < -0.39 is 11.7 Å². The van der Waals surface area contributed by atoms with E-state index in [0.29, 0.717) is 28.5 Å². The number of halogens is 2. The van der Waals surface area contributed by atoms with Crippen LogP contribution in [0, 0.1) is 5.82 Å². The van der Waals surface area contributed by atoms with Crippen LogP contribution < -0.4 is 5.32 Å². The normalized spacial score (nSPS) is 14.7. The average molecular weight is 369 g/mol. The van der Waals surface area contributed by atoms with Crippen molar-refractivity contribution < 1.29 is 14.0 Å². The minimum Gasteiger partial charge on any atom is -0.345 e. The summed E-state index contributed by atoms with van der Waals surface area (Å²) in [5.74, 6) is -1.06. The first kappa shape index (κ1) is 16.7. The van der Waals surface area contributed by atoms with Crippen molar-refractivity contribution in [3.8, 4) is 0 Å². The highest BCUT2D eigenvalue weighted by atomic mass is 79.9. The third-order valence-corrected chi connectivity index (χ3v) is 4.08. The summed E-state index contributed by atoms with van der Waals surface area (Å²) in [5.41, 5.74) is 1.11. The molecule has 0 saturated carbocycles. The summed E-state index contributed by atoms with van der Waals surface area (Å²) < 4.78 is 14.4. The number of hydrogen-bond acceptors (Lipinski definition) is 2. The summed E-state index contributed by atoms with van der Waals surface area (Å²) in [5, 5.41) is 2.57. The van der Waals surface area contributed by atoms with E-state index in [1.807, 2.05) is 0 Å². The van der Waals surface area contributed by atoms with Gasteiger partial charge >= 0.3 is 0 Å². The van der Waals surface area contributed by atoms with Gasteiger partial charge in [-0.05, 0) is 43.9 Å². The smallest absolute Gasteiger partial charge is 0.252 e. The van der Waals surface area contributed by atoms with Gasteiger partial charge in [-0.25, -0.2) is 4.39 Å². The fourth-order valence-corrected chi connectivity index (χ4v) is 2.78. The Morgan fingerprint density at radius 1 is 1.18 bits per heavy atom. The topological polar surface area (TPSA) is 49.4 Å². The van der Waals surface area contributed by atoms with E-state index in [4.69, 9.17) is 0 Å². The number of anilines is 1. The number of nitrogens with zero attached hydrogens (tertiary/aromatic N) is 1. The van der Waals surface area contributed by atoms with Crippen LogP contribution >= 0.6 is 15.9 Å². The first-order valence-electron chi connectivity index (χ1n) is 7.10. The van der Waals surface area contributed by atoms with Gasteiger partial charge in [0, 0.05) is 29.7 Å². The van der Waals surface area contributed by atoms with Crippen LogP contribution in [-0.4, -0.2) is 30.8 Å². The number of likely N-dealkylation sites (N-methyl/N-ethyl adjacent to an activating group) is 1. The minimum absolute atomic E-state index is 0.114. The zero-order valence-electron chi connectivity index (χ0n) is 12.6. The molecule has 0 heterocycles. The standard InChI is InChI=1S/C16H18BrFN2O2/c1-20(2)16(22)12-6-4-3-5-11(12)15(21)19-14-8-7-10(17)9-13(14)18/h7-9H,3-6H2,1-2H3,(H,19,21). The first-order chi connectivity index (χ1) is 10.4. The summed E-state index contributed by atoms with van der Waals surface area (Å²) in [6.07, 6.45) is 2.87. The van der Waals surface area contributed by atoms with E-state index in [1.54, 1.807) is 20.2 Å². The van der Waals surface area contributed by atoms with Crippen molar-refractivity contribution in [2.45, 2.75) is 25.7 Å². The van der Waals surface area contributed by atoms with Crippen LogP contribution in [0.15, 0.2) is 33.8 Å². The highest BCUT2D eigenvalue weighted by Gasteiger charge is 2.25. The number of hydrogen-bond donors (Lipinski definition) is 1. The molecule has 2 rings (SSSR count). The van der Waals surface area contributed by atoms with Crippen LogP contribution in [0.3, 0.4) is 0 Å². The second-order valence-electron chi connectivity index (χ2n) is 5.44. The zero-order chi connectivity index (χ0) is 16.3. The maximum atomic E-state index is 13.8. The lowest BCUT2D eigenvalue weighted by Crippen LogP contribution is -2.29. The fourth-order valence-electron chi connectivity index (χ4n) is 2.45. The Labute approximate surface area is 137 Å². The van der Waals surface area contributed by atoms with Crippen LogP contribution in [0.25, 0.3) is 0 Å². The monoisotopic (exact) mass is 368 g/mol. The largest absolute Gasteiger partial charge is 0.345 e.